The van der Waals surface area contributed by atoms with E-state index in [1.165, 1.54) is 27.5 Å². The topological polar surface area (TPSA) is 21.3 Å². The normalized spacial score (nSPS) is 11.7. The SMILES string of the molecule is CCC(C)(C)NCc1c(OCc2ccc(C)cc2)ccc2ccccc12. The van der Waals surface area contributed by atoms with Gasteiger partial charge in [-0.1, -0.05) is 67.1 Å². The smallest absolute Gasteiger partial charge is 0.124 e. The van der Waals surface area contributed by atoms with Gasteiger partial charge in [0.1, 0.15) is 12.4 Å². The minimum Gasteiger partial charge on any atom is -0.489 e. The number of hydrogen-bond donors (Lipinski definition) is 1. The molecule has 0 aliphatic carbocycles. The Morgan fingerprint density at radius 3 is 2.38 bits per heavy atom. The fourth-order valence-electron chi connectivity index (χ4n) is 2.93. The van der Waals surface area contributed by atoms with Crippen LogP contribution in [0.15, 0.2) is 60.7 Å². The van der Waals surface area contributed by atoms with Crippen LogP contribution in [0.3, 0.4) is 0 Å². The second-order valence-corrected chi connectivity index (χ2v) is 7.63. The van der Waals surface area contributed by atoms with E-state index >= 15 is 0 Å². The zero-order chi connectivity index (χ0) is 18.6. The van der Waals surface area contributed by atoms with Crippen molar-refractivity contribution in [2.24, 2.45) is 0 Å². The standard InChI is InChI=1S/C24H29NO/c1-5-24(3,4)25-16-22-21-9-7-6-8-20(21)14-15-23(22)26-17-19-12-10-18(2)11-13-19/h6-15,25H,5,16-17H2,1-4H3. The molecule has 0 atom stereocenters. The lowest BCUT2D eigenvalue weighted by molar-refractivity contribution is 0.299. The monoisotopic (exact) mass is 347 g/mol. The third kappa shape index (κ3) is 4.44. The molecular formula is C24H29NO. The van der Waals surface area contributed by atoms with Crippen molar-refractivity contribution in [2.45, 2.75) is 52.8 Å². The lowest BCUT2D eigenvalue weighted by Crippen LogP contribution is -2.37. The lowest BCUT2D eigenvalue weighted by Gasteiger charge is -2.26. The van der Waals surface area contributed by atoms with E-state index < -0.39 is 0 Å². The minimum atomic E-state index is 0.102. The largest absolute Gasteiger partial charge is 0.489 e. The molecule has 0 amide bonds. The van der Waals surface area contributed by atoms with Crippen LogP contribution in [0.25, 0.3) is 10.8 Å². The Kier molecular flexibility index (Phi) is 5.63. The number of fused-ring (bicyclic) bond motifs is 1. The van der Waals surface area contributed by atoms with Crippen LogP contribution in [0.2, 0.25) is 0 Å². The van der Waals surface area contributed by atoms with Crippen molar-refractivity contribution in [1.29, 1.82) is 0 Å². The molecule has 0 aliphatic heterocycles. The summed E-state index contributed by atoms with van der Waals surface area (Å²) in [6.07, 6.45) is 1.08. The molecule has 1 N–H and O–H groups in total. The third-order valence-corrected chi connectivity index (χ3v) is 5.14. The van der Waals surface area contributed by atoms with E-state index in [-0.39, 0.29) is 5.54 Å². The highest BCUT2D eigenvalue weighted by molar-refractivity contribution is 5.87. The van der Waals surface area contributed by atoms with Crippen LogP contribution in [0.1, 0.15) is 43.9 Å². The van der Waals surface area contributed by atoms with Gasteiger partial charge in [-0.2, -0.15) is 0 Å². The van der Waals surface area contributed by atoms with Gasteiger partial charge in [-0.3, -0.25) is 0 Å². The summed E-state index contributed by atoms with van der Waals surface area (Å²) in [6.45, 7) is 10.2. The van der Waals surface area contributed by atoms with Crippen molar-refractivity contribution in [1.82, 2.24) is 5.32 Å². The molecule has 0 saturated carbocycles. The fourth-order valence-corrected chi connectivity index (χ4v) is 2.93. The Morgan fingerprint density at radius 2 is 1.65 bits per heavy atom. The van der Waals surface area contributed by atoms with Crippen molar-refractivity contribution in [3.63, 3.8) is 0 Å². The van der Waals surface area contributed by atoms with Crippen molar-refractivity contribution in [2.75, 3.05) is 0 Å². The van der Waals surface area contributed by atoms with Crippen molar-refractivity contribution in [3.05, 3.63) is 77.4 Å². The fraction of sp³-hybridized carbons (Fsp3) is 0.333. The molecule has 0 aromatic heterocycles. The molecule has 136 valence electrons. The third-order valence-electron chi connectivity index (χ3n) is 5.14. The summed E-state index contributed by atoms with van der Waals surface area (Å²) in [6, 6.07) is 21.3. The molecule has 0 unspecified atom stereocenters. The van der Waals surface area contributed by atoms with Crippen LogP contribution in [-0.2, 0) is 13.2 Å². The van der Waals surface area contributed by atoms with Crippen molar-refractivity contribution < 1.29 is 4.74 Å². The van der Waals surface area contributed by atoms with Gasteiger partial charge in [-0.25, -0.2) is 0 Å². The summed E-state index contributed by atoms with van der Waals surface area (Å²) in [4.78, 5) is 0. The molecule has 2 heteroatoms. The lowest BCUT2D eigenvalue weighted by atomic mass is 9.99. The molecule has 3 rings (SSSR count). The molecule has 0 radical (unpaired) electrons. The summed E-state index contributed by atoms with van der Waals surface area (Å²) >= 11 is 0. The Bertz CT molecular complexity index is 865. The van der Waals surface area contributed by atoms with Crippen molar-refractivity contribution >= 4 is 10.8 Å². The maximum absolute atomic E-state index is 6.23. The van der Waals surface area contributed by atoms with Gasteiger partial charge in [-0.15, -0.1) is 0 Å². The van der Waals surface area contributed by atoms with Gasteiger partial charge in [0.05, 0.1) is 0 Å². The summed E-state index contributed by atoms with van der Waals surface area (Å²) in [5, 5.41) is 6.19. The number of ether oxygens (including phenoxy) is 1. The van der Waals surface area contributed by atoms with Crippen LogP contribution in [0.4, 0.5) is 0 Å². The summed E-state index contributed by atoms with van der Waals surface area (Å²) in [7, 11) is 0. The van der Waals surface area contributed by atoms with Gasteiger partial charge < -0.3 is 10.1 Å². The average molecular weight is 348 g/mol. The molecule has 0 saturated heterocycles. The number of rotatable bonds is 7. The number of benzene rings is 3. The summed E-state index contributed by atoms with van der Waals surface area (Å²) in [5.74, 6) is 0.962. The first-order chi connectivity index (χ1) is 12.5. The zero-order valence-corrected chi connectivity index (χ0v) is 16.3. The predicted octanol–water partition coefficient (Wildman–Crippen LogP) is 6.01. The van der Waals surface area contributed by atoms with Gasteiger partial charge in [0.25, 0.3) is 0 Å². The molecule has 0 bridgehead atoms. The van der Waals surface area contributed by atoms with Gasteiger partial charge in [0.2, 0.25) is 0 Å². The Morgan fingerprint density at radius 1 is 0.923 bits per heavy atom. The van der Waals surface area contributed by atoms with Gasteiger partial charge in [0.15, 0.2) is 0 Å². The van der Waals surface area contributed by atoms with Crippen LogP contribution < -0.4 is 10.1 Å². The first-order valence-electron chi connectivity index (χ1n) is 9.42. The molecular weight excluding hydrogens is 318 g/mol. The molecule has 0 spiro atoms. The van der Waals surface area contributed by atoms with Gasteiger partial charge >= 0.3 is 0 Å². The zero-order valence-electron chi connectivity index (χ0n) is 16.3. The first kappa shape index (κ1) is 18.5. The molecule has 0 aliphatic rings. The average Bonchev–Trinajstić information content (AvgIpc) is 2.66. The Labute approximate surface area is 157 Å². The quantitative estimate of drug-likeness (QED) is 0.565. The van der Waals surface area contributed by atoms with E-state index in [1.54, 1.807) is 0 Å². The second-order valence-electron chi connectivity index (χ2n) is 7.63. The molecule has 3 aromatic carbocycles. The first-order valence-corrected chi connectivity index (χ1v) is 9.42. The van der Waals surface area contributed by atoms with E-state index in [4.69, 9.17) is 4.74 Å². The molecule has 3 aromatic rings. The number of aryl methyl sites for hydroxylation is 1. The van der Waals surface area contributed by atoms with Gasteiger partial charge in [0, 0.05) is 17.6 Å². The minimum absolute atomic E-state index is 0.102. The molecule has 0 heterocycles. The van der Waals surface area contributed by atoms with Crippen LogP contribution in [0.5, 0.6) is 5.75 Å². The van der Waals surface area contributed by atoms with Crippen LogP contribution in [-0.4, -0.2) is 5.54 Å². The van der Waals surface area contributed by atoms with E-state index in [0.29, 0.717) is 6.61 Å². The summed E-state index contributed by atoms with van der Waals surface area (Å²) in [5.41, 5.74) is 3.80. The number of hydrogen-bond acceptors (Lipinski definition) is 2. The van der Waals surface area contributed by atoms with E-state index in [1.807, 2.05) is 0 Å². The second kappa shape index (κ2) is 7.92. The Hall–Kier alpha value is -2.32. The van der Waals surface area contributed by atoms with E-state index in [2.05, 4.69) is 93.7 Å². The Balaban J connectivity index is 1.88. The molecule has 0 fully saturated rings. The maximum atomic E-state index is 6.23. The highest BCUT2D eigenvalue weighted by atomic mass is 16.5. The highest BCUT2D eigenvalue weighted by Crippen LogP contribution is 2.29. The van der Waals surface area contributed by atoms with Crippen LogP contribution >= 0.6 is 0 Å². The van der Waals surface area contributed by atoms with Crippen molar-refractivity contribution in [3.8, 4) is 5.75 Å². The van der Waals surface area contributed by atoms with E-state index in [9.17, 15) is 0 Å². The maximum Gasteiger partial charge on any atom is 0.124 e. The van der Waals surface area contributed by atoms with Gasteiger partial charge in [-0.05, 0) is 49.6 Å². The highest BCUT2D eigenvalue weighted by Gasteiger charge is 2.16. The van der Waals surface area contributed by atoms with E-state index in [0.717, 1.165) is 18.7 Å². The van der Waals surface area contributed by atoms with Crippen LogP contribution in [0, 0.1) is 6.92 Å². The molecule has 26 heavy (non-hydrogen) atoms. The molecule has 2 nitrogen and oxygen atoms in total. The number of nitrogens with one attached hydrogen (secondary N) is 1. The summed E-state index contributed by atoms with van der Waals surface area (Å²) < 4.78 is 6.23. The predicted molar refractivity (Wildman–Crippen MR) is 111 cm³/mol.